The van der Waals surface area contributed by atoms with Crippen LogP contribution in [-0.4, -0.2) is 58.4 Å². The van der Waals surface area contributed by atoms with E-state index in [0.717, 1.165) is 18.7 Å². The summed E-state index contributed by atoms with van der Waals surface area (Å²) < 4.78 is 15.9. The highest BCUT2D eigenvalue weighted by Gasteiger charge is 1.98. The van der Waals surface area contributed by atoms with Crippen LogP contribution in [0.1, 0.15) is 12.2 Å². The van der Waals surface area contributed by atoms with Gasteiger partial charge in [0.25, 0.3) is 0 Å². The molecule has 0 saturated carbocycles. The molecule has 0 unspecified atom stereocenters. The highest BCUT2D eigenvalue weighted by molar-refractivity contribution is 14.1. The summed E-state index contributed by atoms with van der Waals surface area (Å²) in [5.74, 6) is 0.556. The molecule has 1 aromatic heterocycles. The zero-order valence-corrected chi connectivity index (χ0v) is 13.3. The van der Waals surface area contributed by atoms with Crippen LogP contribution >= 0.6 is 22.6 Å². The predicted octanol–water partition coefficient (Wildman–Crippen LogP) is 0.816. The molecule has 0 radical (unpaired) electrons. The predicted molar refractivity (Wildman–Crippen MR) is 79.6 cm³/mol. The van der Waals surface area contributed by atoms with E-state index >= 15 is 0 Å². The third-order valence-corrected chi connectivity index (χ3v) is 2.83. The molecule has 0 amide bonds. The Morgan fingerprint density at radius 1 is 1.05 bits per heavy atom. The van der Waals surface area contributed by atoms with E-state index in [0.29, 0.717) is 37.5 Å². The molecule has 0 spiro atoms. The Balaban J connectivity index is 1.82. The number of halogens is 1. The number of carbonyl (C=O) groups excluding carboxylic acids is 1. The first-order chi connectivity index (χ1) is 9.83. The van der Waals surface area contributed by atoms with Gasteiger partial charge < -0.3 is 14.2 Å². The number of carbonyl (C=O) groups is 1. The average Bonchev–Trinajstić information content (AvgIpc) is 2.50. The summed E-state index contributed by atoms with van der Waals surface area (Å²) in [6.07, 6.45) is 4.61. The van der Waals surface area contributed by atoms with Gasteiger partial charge in [0.05, 0.1) is 24.2 Å². The van der Waals surface area contributed by atoms with Crippen LogP contribution < -0.4 is 0 Å². The minimum absolute atomic E-state index is 0.219. The lowest BCUT2D eigenvalue weighted by atomic mass is 10.3. The molecule has 0 aliphatic rings. The van der Waals surface area contributed by atoms with Gasteiger partial charge in [0.1, 0.15) is 25.1 Å². The van der Waals surface area contributed by atoms with Crippen molar-refractivity contribution < 1.29 is 19.0 Å². The highest BCUT2D eigenvalue weighted by Crippen LogP contribution is 1.94. The van der Waals surface area contributed by atoms with Gasteiger partial charge in [-0.3, -0.25) is 4.79 Å². The number of aryl methyl sites for hydroxylation is 1. The summed E-state index contributed by atoms with van der Waals surface area (Å²) in [6, 6.07) is 0. The topological polar surface area (TPSA) is 83.4 Å². The maximum atomic E-state index is 10.8. The molecule has 0 aromatic carbocycles. The lowest BCUT2D eigenvalue weighted by Crippen LogP contribution is -2.13. The van der Waals surface area contributed by atoms with E-state index < -0.39 is 0 Å². The summed E-state index contributed by atoms with van der Waals surface area (Å²) in [6.45, 7) is 2.35. The number of ether oxygens (including phenoxy) is 3. The number of hydrogen-bond acceptors (Lipinski definition) is 7. The van der Waals surface area contributed by atoms with Crippen LogP contribution in [-0.2, 0) is 25.4 Å². The molecule has 0 aliphatic carbocycles. The van der Waals surface area contributed by atoms with E-state index in [1.165, 1.54) is 12.7 Å². The van der Waals surface area contributed by atoms with Gasteiger partial charge in [0, 0.05) is 13.0 Å². The number of aromatic nitrogens is 3. The van der Waals surface area contributed by atoms with Crippen molar-refractivity contribution in [2.75, 3.05) is 37.5 Å². The monoisotopic (exact) mass is 395 g/mol. The Bertz CT molecular complexity index is 367. The largest absolute Gasteiger partial charge is 0.463 e. The second kappa shape index (κ2) is 11.9. The van der Waals surface area contributed by atoms with E-state index in [9.17, 15) is 4.79 Å². The van der Waals surface area contributed by atoms with Gasteiger partial charge >= 0.3 is 5.97 Å². The van der Waals surface area contributed by atoms with Crippen molar-refractivity contribution in [3.8, 4) is 0 Å². The van der Waals surface area contributed by atoms with Crippen LogP contribution in [0.5, 0.6) is 0 Å². The van der Waals surface area contributed by atoms with Crippen molar-refractivity contribution in [2.24, 2.45) is 0 Å². The van der Waals surface area contributed by atoms with Crippen molar-refractivity contribution in [2.45, 2.75) is 12.8 Å². The number of nitrogens with zero attached hydrogens (tertiary/aromatic N) is 3. The van der Waals surface area contributed by atoms with Crippen LogP contribution in [0, 0.1) is 0 Å². The summed E-state index contributed by atoms with van der Waals surface area (Å²) in [5.41, 5.74) is 0. The normalized spacial score (nSPS) is 10.4. The van der Waals surface area contributed by atoms with Crippen LogP contribution in [0.15, 0.2) is 12.7 Å². The molecule has 0 bridgehead atoms. The first-order valence-electron chi connectivity index (χ1n) is 6.31. The van der Waals surface area contributed by atoms with Gasteiger partial charge in [-0.25, -0.2) is 15.0 Å². The van der Waals surface area contributed by atoms with E-state index in [1.54, 1.807) is 0 Å². The fourth-order valence-corrected chi connectivity index (χ4v) is 1.52. The Morgan fingerprint density at radius 3 is 2.40 bits per heavy atom. The fourth-order valence-electron chi connectivity index (χ4n) is 1.30. The molecular formula is C12H18IN3O4. The maximum absolute atomic E-state index is 10.8. The van der Waals surface area contributed by atoms with Crippen LogP contribution in [0.25, 0.3) is 0 Å². The summed E-state index contributed by atoms with van der Waals surface area (Å²) in [7, 11) is 0. The third kappa shape index (κ3) is 9.10. The molecule has 8 heteroatoms. The Labute approximate surface area is 131 Å². The first kappa shape index (κ1) is 17.2. The second-order valence-corrected chi connectivity index (χ2v) is 4.50. The van der Waals surface area contributed by atoms with Gasteiger partial charge in [0.2, 0.25) is 0 Å². The van der Waals surface area contributed by atoms with Crippen molar-refractivity contribution in [3.63, 3.8) is 0 Å². The van der Waals surface area contributed by atoms with Gasteiger partial charge in [-0.05, 0) is 6.42 Å². The lowest BCUT2D eigenvalue weighted by Gasteiger charge is -2.06. The van der Waals surface area contributed by atoms with Gasteiger partial charge in [-0.2, -0.15) is 0 Å². The molecule has 7 nitrogen and oxygen atoms in total. The van der Waals surface area contributed by atoms with Crippen LogP contribution in [0.2, 0.25) is 0 Å². The Morgan fingerprint density at radius 2 is 1.70 bits per heavy atom. The minimum atomic E-state index is -0.219. The smallest absolute Gasteiger partial charge is 0.315 e. The maximum Gasteiger partial charge on any atom is 0.315 e. The molecule has 0 N–H and O–H groups in total. The molecule has 1 rings (SSSR count). The average molecular weight is 395 g/mol. The highest BCUT2D eigenvalue weighted by atomic mass is 127. The number of esters is 1. The standard InChI is InChI=1S/C12H18IN3O4/c13-8-12(17)20-7-6-19-5-4-18-3-1-2-11-15-9-14-10-16-11/h9-10H,1-8H2. The van der Waals surface area contributed by atoms with E-state index in [1.807, 2.05) is 22.6 Å². The van der Waals surface area contributed by atoms with Gasteiger partial charge in [-0.1, -0.05) is 22.6 Å². The molecule has 0 saturated heterocycles. The molecular weight excluding hydrogens is 377 g/mol. The second-order valence-electron chi connectivity index (χ2n) is 3.74. The summed E-state index contributed by atoms with van der Waals surface area (Å²) in [4.78, 5) is 22.6. The number of hydrogen-bond donors (Lipinski definition) is 0. The van der Waals surface area contributed by atoms with Crippen molar-refractivity contribution >= 4 is 28.6 Å². The van der Waals surface area contributed by atoms with E-state index in [2.05, 4.69) is 15.0 Å². The molecule has 20 heavy (non-hydrogen) atoms. The molecule has 0 aliphatic heterocycles. The van der Waals surface area contributed by atoms with Gasteiger partial charge in [-0.15, -0.1) is 0 Å². The minimum Gasteiger partial charge on any atom is -0.463 e. The molecule has 1 aromatic rings. The third-order valence-electron chi connectivity index (χ3n) is 2.21. The molecule has 0 fully saturated rings. The lowest BCUT2D eigenvalue weighted by molar-refractivity contribution is -0.141. The van der Waals surface area contributed by atoms with Gasteiger partial charge in [0.15, 0.2) is 0 Å². The van der Waals surface area contributed by atoms with Crippen LogP contribution in [0.3, 0.4) is 0 Å². The Hall–Kier alpha value is -0.870. The SMILES string of the molecule is O=C(CI)OCCOCCOCCCc1ncncn1. The quantitative estimate of drug-likeness (QED) is 0.237. The Kier molecular flexibility index (Phi) is 10.2. The summed E-state index contributed by atoms with van der Waals surface area (Å²) >= 11 is 1.96. The fraction of sp³-hybridized carbons (Fsp3) is 0.667. The van der Waals surface area contributed by atoms with Crippen molar-refractivity contribution in [3.05, 3.63) is 18.5 Å². The molecule has 0 atom stereocenters. The molecule has 112 valence electrons. The number of rotatable bonds is 11. The van der Waals surface area contributed by atoms with E-state index in [4.69, 9.17) is 14.2 Å². The van der Waals surface area contributed by atoms with Crippen LogP contribution in [0.4, 0.5) is 0 Å². The zero-order chi connectivity index (χ0) is 14.5. The zero-order valence-electron chi connectivity index (χ0n) is 11.2. The van der Waals surface area contributed by atoms with E-state index in [-0.39, 0.29) is 5.97 Å². The van der Waals surface area contributed by atoms with Crippen molar-refractivity contribution in [1.29, 1.82) is 0 Å². The van der Waals surface area contributed by atoms with Crippen molar-refractivity contribution in [1.82, 2.24) is 15.0 Å². The number of alkyl halides is 1. The molecule has 1 heterocycles. The first-order valence-corrected chi connectivity index (χ1v) is 7.83. The summed E-state index contributed by atoms with van der Waals surface area (Å²) in [5, 5.41) is 0.